The van der Waals surface area contributed by atoms with Gasteiger partial charge in [-0.25, -0.2) is 0 Å². The van der Waals surface area contributed by atoms with Gasteiger partial charge in [0, 0.05) is 19.6 Å². The van der Waals surface area contributed by atoms with Crippen LogP contribution >= 0.6 is 0 Å². The lowest BCUT2D eigenvalue weighted by atomic mass is 10.1. The third-order valence-corrected chi connectivity index (χ3v) is 2.57. The first-order chi connectivity index (χ1) is 9.38. The highest BCUT2D eigenvalue weighted by Gasteiger charge is 2.00. The summed E-state index contributed by atoms with van der Waals surface area (Å²) in [7, 11) is 0. The molecule has 4 heteroatoms. The van der Waals surface area contributed by atoms with E-state index < -0.39 is 0 Å². The fourth-order valence-electron chi connectivity index (χ4n) is 1.65. The van der Waals surface area contributed by atoms with Gasteiger partial charge in [-0.3, -0.25) is 0 Å². The van der Waals surface area contributed by atoms with Crippen molar-refractivity contribution < 1.29 is 9.47 Å². The number of allylic oxidation sites excluding steroid dienone is 1. The molecule has 0 spiro atoms. The quantitative estimate of drug-likeness (QED) is 0.468. The van der Waals surface area contributed by atoms with E-state index in [0.29, 0.717) is 26.4 Å². The first-order valence-electron chi connectivity index (χ1n) is 6.68. The van der Waals surface area contributed by atoms with E-state index >= 15 is 0 Å². The third kappa shape index (κ3) is 6.96. The molecule has 0 aliphatic carbocycles. The Labute approximate surface area is 115 Å². The summed E-state index contributed by atoms with van der Waals surface area (Å²) in [5.74, 6) is 0.909. The summed E-state index contributed by atoms with van der Waals surface area (Å²) in [6, 6.07) is 8.00. The standard InChI is InChI=1S/C15H24N2O2/c1-2-5-14-6-3-4-7-15(14)19-13-12-18-11-10-17-9-8-16/h2-4,6-7,17H,1,5,8-13,16H2. The molecule has 0 unspecified atom stereocenters. The van der Waals surface area contributed by atoms with Gasteiger partial charge in [0.1, 0.15) is 12.4 Å². The highest BCUT2D eigenvalue weighted by Crippen LogP contribution is 2.18. The van der Waals surface area contributed by atoms with Gasteiger partial charge in [0.2, 0.25) is 0 Å². The number of hydrogen-bond acceptors (Lipinski definition) is 4. The molecule has 0 aliphatic heterocycles. The molecule has 19 heavy (non-hydrogen) atoms. The Morgan fingerprint density at radius 3 is 2.79 bits per heavy atom. The number of para-hydroxylation sites is 1. The maximum atomic E-state index is 5.70. The normalized spacial score (nSPS) is 10.4. The lowest BCUT2D eigenvalue weighted by Crippen LogP contribution is -2.26. The van der Waals surface area contributed by atoms with Crippen molar-refractivity contribution in [3.63, 3.8) is 0 Å². The van der Waals surface area contributed by atoms with Crippen LogP contribution in [0, 0.1) is 0 Å². The van der Waals surface area contributed by atoms with Crippen LogP contribution < -0.4 is 15.8 Å². The van der Waals surface area contributed by atoms with Crippen LogP contribution in [-0.2, 0) is 11.2 Å². The maximum absolute atomic E-state index is 5.70. The van der Waals surface area contributed by atoms with Gasteiger partial charge in [0.05, 0.1) is 13.2 Å². The topological polar surface area (TPSA) is 56.5 Å². The fraction of sp³-hybridized carbons (Fsp3) is 0.467. The second-order valence-electron chi connectivity index (χ2n) is 4.10. The lowest BCUT2D eigenvalue weighted by Gasteiger charge is -2.10. The van der Waals surface area contributed by atoms with Crippen LogP contribution in [0.1, 0.15) is 5.56 Å². The number of rotatable bonds is 11. The Kier molecular flexibility index (Phi) is 8.72. The van der Waals surface area contributed by atoms with Gasteiger partial charge in [0.15, 0.2) is 0 Å². The van der Waals surface area contributed by atoms with E-state index in [2.05, 4.69) is 18.0 Å². The summed E-state index contributed by atoms with van der Waals surface area (Å²) >= 11 is 0. The van der Waals surface area contributed by atoms with Crippen molar-refractivity contribution in [1.82, 2.24) is 5.32 Å². The van der Waals surface area contributed by atoms with Gasteiger partial charge in [0.25, 0.3) is 0 Å². The Morgan fingerprint density at radius 2 is 2.00 bits per heavy atom. The predicted molar refractivity (Wildman–Crippen MR) is 78.6 cm³/mol. The Bertz CT molecular complexity index is 356. The molecular weight excluding hydrogens is 240 g/mol. The molecule has 0 saturated heterocycles. The summed E-state index contributed by atoms with van der Waals surface area (Å²) in [6.45, 7) is 7.88. The number of hydrogen-bond donors (Lipinski definition) is 2. The zero-order valence-electron chi connectivity index (χ0n) is 11.4. The molecule has 4 nitrogen and oxygen atoms in total. The van der Waals surface area contributed by atoms with Gasteiger partial charge in [-0.1, -0.05) is 24.3 Å². The monoisotopic (exact) mass is 264 g/mol. The van der Waals surface area contributed by atoms with Crippen LogP contribution in [-0.4, -0.2) is 39.5 Å². The van der Waals surface area contributed by atoms with Crippen LogP contribution in [0.25, 0.3) is 0 Å². The molecule has 0 radical (unpaired) electrons. The highest BCUT2D eigenvalue weighted by atomic mass is 16.5. The van der Waals surface area contributed by atoms with Crippen molar-refractivity contribution in [2.75, 3.05) is 39.5 Å². The summed E-state index contributed by atoms with van der Waals surface area (Å²) in [5, 5.41) is 3.17. The number of ether oxygens (including phenoxy) is 2. The molecule has 1 aromatic rings. The van der Waals surface area contributed by atoms with Crippen LogP contribution in [0.15, 0.2) is 36.9 Å². The molecule has 0 aromatic heterocycles. The molecule has 0 saturated carbocycles. The van der Waals surface area contributed by atoms with Crippen LogP contribution in [0.5, 0.6) is 5.75 Å². The van der Waals surface area contributed by atoms with Gasteiger partial charge in [-0.05, 0) is 18.1 Å². The van der Waals surface area contributed by atoms with Crippen molar-refractivity contribution in [2.24, 2.45) is 5.73 Å². The summed E-state index contributed by atoms with van der Waals surface area (Å²) < 4.78 is 11.2. The summed E-state index contributed by atoms with van der Waals surface area (Å²) in [5.41, 5.74) is 6.52. The first kappa shape index (κ1) is 15.7. The summed E-state index contributed by atoms with van der Waals surface area (Å²) in [4.78, 5) is 0. The van der Waals surface area contributed by atoms with E-state index in [-0.39, 0.29) is 0 Å². The zero-order chi connectivity index (χ0) is 13.8. The SMILES string of the molecule is C=CCc1ccccc1OCCOCCNCCN. The zero-order valence-corrected chi connectivity index (χ0v) is 11.4. The van der Waals surface area contributed by atoms with Crippen LogP contribution in [0.3, 0.4) is 0 Å². The number of benzene rings is 1. The third-order valence-electron chi connectivity index (χ3n) is 2.57. The molecule has 0 fully saturated rings. The van der Waals surface area contributed by atoms with Gasteiger partial charge >= 0.3 is 0 Å². The molecule has 0 amide bonds. The molecule has 0 aliphatic rings. The molecular formula is C15H24N2O2. The van der Waals surface area contributed by atoms with Crippen LogP contribution in [0.2, 0.25) is 0 Å². The van der Waals surface area contributed by atoms with Crippen molar-refractivity contribution in [1.29, 1.82) is 0 Å². The maximum Gasteiger partial charge on any atom is 0.122 e. The van der Waals surface area contributed by atoms with Gasteiger partial charge in [-0.2, -0.15) is 0 Å². The van der Waals surface area contributed by atoms with E-state index in [4.69, 9.17) is 15.2 Å². The van der Waals surface area contributed by atoms with E-state index in [9.17, 15) is 0 Å². The minimum absolute atomic E-state index is 0.561. The molecule has 1 aromatic carbocycles. The van der Waals surface area contributed by atoms with E-state index in [1.54, 1.807) is 0 Å². The van der Waals surface area contributed by atoms with Crippen molar-refractivity contribution in [3.8, 4) is 5.75 Å². The summed E-state index contributed by atoms with van der Waals surface area (Å²) in [6.07, 6.45) is 2.70. The number of nitrogens with one attached hydrogen (secondary N) is 1. The minimum atomic E-state index is 0.561. The van der Waals surface area contributed by atoms with Crippen LogP contribution in [0.4, 0.5) is 0 Å². The molecule has 1 rings (SSSR count). The van der Waals surface area contributed by atoms with Crippen molar-refractivity contribution in [2.45, 2.75) is 6.42 Å². The number of nitrogens with two attached hydrogens (primary N) is 1. The van der Waals surface area contributed by atoms with E-state index in [1.807, 2.05) is 24.3 Å². The molecule has 0 atom stereocenters. The second kappa shape index (κ2) is 10.6. The first-order valence-corrected chi connectivity index (χ1v) is 6.68. The molecule has 106 valence electrons. The smallest absolute Gasteiger partial charge is 0.122 e. The van der Waals surface area contributed by atoms with E-state index in [1.165, 1.54) is 0 Å². The largest absolute Gasteiger partial charge is 0.491 e. The molecule has 0 bridgehead atoms. The van der Waals surface area contributed by atoms with Crippen molar-refractivity contribution in [3.05, 3.63) is 42.5 Å². The van der Waals surface area contributed by atoms with Crippen molar-refractivity contribution >= 4 is 0 Å². The average molecular weight is 264 g/mol. The minimum Gasteiger partial charge on any atom is -0.491 e. The second-order valence-corrected chi connectivity index (χ2v) is 4.10. The van der Waals surface area contributed by atoms with E-state index in [0.717, 1.165) is 30.8 Å². The Morgan fingerprint density at radius 1 is 1.16 bits per heavy atom. The molecule has 3 N–H and O–H groups in total. The Balaban J connectivity index is 2.13. The van der Waals surface area contributed by atoms with Gasteiger partial charge < -0.3 is 20.5 Å². The fourth-order valence-corrected chi connectivity index (χ4v) is 1.65. The average Bonchev–Trinajstić information content (AvgIpc) is 2.44. The highest BCUT2D eigenvalue weighted by molar-refractivity contribution is 5.34. The van der Waals surface area contributed by atoms with Gasteiger partial charge in [-0.15, -0.1) is 6.58 Å². The lowest BCUT2D eigenvalue weighted by molar-refractivity contribution is 0.102. The molecule has 0 heterocycles. The Hall–Kier alpha value is -1.36. The predicted octanol–water partition coefficient (Wildman–Crippen LogP) is 1.36.